The summed E-state index contributed by atoms with van der Waals surface area (Å²) in [5.74, 6) is 1.34. The van der Waals surface area contributed by atoms with Gasteiger partial charge in [-0.05, 0) is 44.0 Å². The van der Waals surface area contributed by atoms with Gasteiger partial charge in [0.05, 0.1) is 17.1 Å². The van der Waals surface area contributed by atoms with Crippen molar-refractivity contribution in [3.8, 4) is 5.88 Å². The van der Waals surface area contributed by atoms with Crippen molar-refractivity contribution in [2.24, 2.45) is 0 Å². The molecule has 0 aliphatic carbocycles. The maximum atomic E-state index is 12.8. The molecule has 9 nitrogen and oxygen atoms in total. The number of rotatable bonds is 3. The lowest BCUT2D eigenvalue weighted by molar-refractivity contribution is 0.0889. The second kappa shape index (κ2) is 7.37. The van der Waals surface area contributed by atoms with Crippen LogP contribution in [0.5, 0.6) is 5.88 Å². The summed E-state index contributed by atoms with van der Waals surface area (Å²) in [4.78, 5) is 24.3. The normalized spacial score (nSPS) is 24.3. The fourth-order valence-electron chi connectivity index (χ4n) is 5.01. The largest absolute Gasteiger partial charge is 0.475 e. The molecule has 0 spiro atoms. The number of furan rings is 1. The van der Waals surface area contributed by atoms with Gasteiger partial charge in [0, 0.05) is 42.9 Å². The number of ether oxygens (including phenoxy) is 1. The summed E-state index contributed by atoms with van der Waals surface area (Å²) in [6.45, 7) is 4.17. The molecule has 0 saturated carbocycles. The summed E-state index contributed by atoms with van der Waals surface area (Å²) in [5, 5.41) is 7.26. The lowest BCUT2D eigenvalue weighted by atomic mass is 10.0. The van der Waals surface area contributed by atoms with E-state index in [1.54, 1.807) is 0 Å². The molecule has 2 fully saturated rings. The second-order valence-corrected chi connectivity index (χ2v) is 9.01. The van der Waals surface area contributed by atoms with Gasteiger partial charge in [-0.25, -0.2) is 4.98 Å². The quantitative estimate of drug-likeness (QED) is 0.571. The number of nitrogens with zero attached hydrogens (tertiary/aromatic N) is 3. The smallest absolute Gasteiger partial charge is 0.289 e. The highest BCUT2D eigenvalue weighted by Crippen LogP contribution is 2.30. The van der Waals surface area contributed by atoms with E-state index in [1.165, 1.54) is 12.8 Å². The molecule has 3 aromatic rings. The van der Waals surface area contributed by atoms with Gasteiger partial charge in [-0.1, -0.05) is 0 Å². The van der Waals surface area contributed by atoms with Crippen LogP contribution in [0.1, 0.15) is 34.7 Å². The Labute approximate surface area is 185 Å². The van der Waals surface area contributed by atoms with Gasteiger partial charge in [-0.2, -0.15) is 4.98 Å². The van der Waals surface area contributed by atoms with Crippen LogP contribution in [0.3, 0.4) is 0 Å². The van der Waals surface area contributed by atoms with E-state index in [9.17, 15) is 4.79 Å². The number of hydrogen-bond donors (Lipinski definition) is 3. The van der Waals surface area contributed by atoms with Crippen LogP contribution in [0.2, 0.25) is 0 Å². The Hall–Kier alpha value is -3.33. The van der Waals surface area contributed by atoms with Gasteiger partial charge in [0.25, 0.3) is 5.91 Å². The van der Waals surface area contributed by atoms with E-state index in [-0.39, 0.29) is 17.7 Å². The Morgan fingerprint density at radius 1 is 1.19 bits per heavy atom. The van der Waals surface area contributed by atoms with Crippen LogP contribution in [0.4, 0.5) is 11.5 Å². The number of aromatic nitrogens is 2. The number of anilines is 2. The van der Waals surface area contributed by atoms with Crippen LogP contribution in [0.15, 0.2) is 28.7 Å². The third-order valence-electron chi connectivity index (χ3n) is 6.63. The van der Waals surface area contributed by atoms with Gasteiger partial charge in [-0.3, -0.25) is 4.79 Å². The number of carbonyl (C=O) groups excluding carboxylic acids is 1. The van der Waals surface area contributed by atoms with Crippen molar-refractivity contribution in [1.29, 1.82) is 0 Å². The average Bonchev–Trinajstić information content (AvgIpc) is 3.30. The number of pyridine rings is 2. The highest BCUT2D eigenvalue weighted by atomic mass is 16.5. The Balaban J connectivity index is 1.16. The van der Waals surface area contributed by atoms with E-state index < -0.39 is 0 Å². The minimum absolute atomic E-state index is 0.0886. The maximum Gasteiger partial charge on any atom is 0.289 e. The highest BCUT2D eigenvalue weighted by molar-refractivity contribution is 6.04. The molecule has 4 N–H and O–H groups in total. The third-order valence-corrected chi connectivity index (χ3v) is 6.63. The molecule has 6 heterocycles. The molecule has 0 radical (unpaired) electrons. The predicted octanol–water partition coefficient (Wildman–Crippen LogP) is 1.79. The molecule has 166 valence electrons. The summed E-state index contributed by atoms with van der Waals surface area (Å²) < 4.78 is 11.6. The summed E-state index contributed by atoms with van der Waals surface area (Å²) in [5.41, 5.74) is 8.60. The first kappa shape index (κ1) is 19.4. The van der Waals surface area contributed by atoms with Gasteiger partial charge in [0.1, 0.15) is 12.4 Å². The molecule has 2 bridgehead atoms. The first-order valence-corrected chi connectivity index (χ1v) is 11.1. The second-order valence-electron chi connectivity index (χ2n) is 9.01. The lowest BCUT2D eigenvalue weighted by Gasteiger charge is -2.34. The van der Waals surface area contributed by atoms with Crippen molar-refractivity contribution < 1.29 is 13.9 Å². The number of nitrogens with two attached hydrogens (primary N) is 1. The molecule has 2 saturated heterocycles. The summed E-state index contributed by atoms with van der Waals surface area (Å²) in [7, 11) is 0. The van der Waals surface area contributed by atoms with Crippen molar-refractivity contribution in [2.75, 3.05) is 30.3 Å². The van der Waals surface area contributed by atoms with Crippen LogP contribution in [-0.2, 0) is 6.42 Å². The van der Waals surface area contributed by atoms with Gasteiger partial charge < -0.3 is 30.4 Å². The van der Waals surface area contributed by atoms with Crippen LogP contribution >= 0.6 is 0 Å². The number of amides is 1. The van der Waals surface area contributed by atoms with Crippen molar-refractivity contribution in [3.05, 3.63) is 41.3 Å². The zero-order valence-corrected chi connectivity index (χ0v) is 17.9. The molecule has 3 aliphatic heterocycles. The molecule has 32 heavy (non-hydrogen) atoms. The van der Waals surface area contributed by atoms with E-state index in [2.05, 4.69) is 32.7 Å². The van der Waals surface area contributed by atoms with E-state index in [4.69, 9.17) is 19.9 Å². The number of piperazine rings is 1. The summed E-state index contributed by atoms with van der Waals surface area (Å²) in [6, 6.07) is 8.69. The van der Waals surface area contributed by atoms with E-state index in [0.717, 1.165) is 30.2 Å². The molecule has 6 rings (SSSR count). The van der Waals surface area contributed by atoms with E-state index in [1.807, 2.05) is 19.1 Å². The predicted molar refractivity (Wildman–Crippen MR) is 120 cm³/mol. The minimum atomic E-state index is -0.365. The molecule has 3 aromatic heterocycles. The number of fused-ring (bicyclic) bond motifs is 4. The van der Waals surface area contributed by atoms with Crippen LogP contribution < -0.4 is 26.0 Å². The van der Waals surface area contributed by atoms with Gasteiger partial charge in [0.2, 0.25) is 17.4 Å². The molecule has 0 aromatic carbocycles. The van der Waals surface area contributed by atoms with Crippen molar-refractivity contribution in [2.45, 2.75) is 44.3 Å². The Morgan fingerprint density at radius 3 is 2.81 bits per heavy atom. The topological polar surface area (TPSA) is 119 Å². The zero-order valence-electron chi connectivity index (χ0n) is 17.9. The SMILES string of the molecule is Cc1ccc2c(N)c(C(=O)N[C@H]3COc4nc(N5CC6CCC(C5)N6)ccc4C3)oc2n1. The highest BCUT2D eigenvalue weighted by Gasteiger charge is 2.33. The standard InChI is InChI=1S/C23H26N6O3/c1-12-2-6-17-19(24)20(32-23(17)25-12)21(30)27-16-8-13-3-7-18(28-22(13)31-11-16)29-9-14-4-5-15(10-29)26-14/h2-3,6-7,14-16,26H,4-5,8-11,24H2,1H3,(H,27,30)/t14?,15?,16-/m1/s1. The van der Waals surface area contributed by atoms with E-state index in [0.29, 0.717) is 47.8 Å². The number of nitrogen functional groups attached to an aromatic ring is 1. The number of hydrogen-bond acceptors (Lipinski definition) is 8. The van der Waals surface area contributed by atoms with Crippen molar-refractivity contribution in [3.63, 3.8) is 0 Å². The van der Waals surface area contributed by atoms with E-state index >= 15 is 0 Å². The molecule has 9 heteroatoms. The van der Waals surface area contributed by atoms with Crippen molar-refractivity contribution >= 4 is 28.5 Å². The van der Waals surface area contributed by atoms with Crippen LogP contribution in [0.25, 0.3) is 11.1 Å². The summed E-state index contributed by atoms with van der Waals surface area (Å²) in [6.07, 6.45) is 3.10. The number of aryl methyl sites for hydroxylation is 1. The molecule has 2 unspecified atom stereocenters. The lowest BCUT2D eigenvalue weighted by Crippen LogP contribution is -2.51. The monoisotopic (exact) mass is 434 g/mol. The third kappa shape index (κ3) is 3.33. The first-order valence-electron chi connectivity index (χ1n) is 11.1. The molecule has 3 atom stereocenters. The molecule has 1 amide bonds. The van der Waals surface area contributed by atoms with Gasteiger partial charge in [0.15, 0.2) is 0 Å². The number of nitrogens with one attached hydrogen (secondary N) is 2. The summed E-state index contributed by atoms with van der Waals surface area (Å²) >= 11 is 0. The molecular weight excluding hydrogens is 408 g/mol. The molecule has 3 aliphatic rings. The Kier molecular flexibility index (Phi) is 4.46. The van der Waals surface area contributed by atoms with Gasteiger partial charge in [-0.15, -0.1) is 0 Å². The Bertz CT molecular complexity index is 1200. The van der Waals surface area contributed by atoms with Crippen LogP contribution in [-0.4, -0.2) is 53.7 Å². The zero-order chi connectivity index (χ0) is 21.8. The average molecular weight is 435 g/mol. The van der Waals surface area contributed by atoms with Crippen LogP contribution in [0, 0.1) is 6.92 Å². The van der Waals surface area contributed by atoms with Gasteiger partial charge >= 0.3 is 0 Å². The number of carbonyl (C=O) groups is 1. The fraction of sp³-hybridized carbons (Fsp3) is 0.435. The molecular formula is C23H26N6O3. The Morgan fingerprint density at radius 2 is 2.00 bits per heavy atom. The fourth-order valence-corrected chi connectivity index (χ4v) is 5.01. The maximum absolute atomic E-state index is 12.8. The first-order chi connectivity index (χ1) is 15.5. The van der Waals surface area contributed by atoms with Crippen molar-refractivity contribution in [1.82, 2.24) is 20.6 Å². The minimum Gasteiger partial charge on any atom is -0.475 e.